The zero-order valence-corrected chi connectivity index (χ0v) is 12.0. The molecule has 0 spiro atoms. The summed E-state index contributed by atoms with van der Waals surface area (Å²) in [5.74, 6) is 3.21. The molecule has 0 amide bonds. The summed E-state index contributed by atoms with van der Waals surface area (Å²) in [6.45, 7) is 7.71. The molecule has 0 bridgehead atoms. The van der Waals surface area contributed by atoms with Crippen LogP contribution in [0.4, 0.5) is 5.82 Å². The zero-order valence-electron chi connectivity index (χ0n) is 12.0. The smallest absolute Gasteiger partial charge is 0.132 e. The second-order valence-corrected chi connectivity index (χ2v) is 5.91. The molecular formula is C15H23N3O. The molecule has 0 radical (unpaired) electrons. The number of aromatic nitrogens is 1. The highest BCUT2D eigenvalue weighted by Crippen LogP contribution is 2.33. The molecule has 19 heavy (non-hydrogen) atoms. The molecule has 3 rings (SSSR count). The third-order valence-electron chi connectivity index (χ3n) is 4.37. The van der Waals surface area contributed by atoms with E-state index < -0.39 is 0 Å². The lowest BCUT2D eigenvalue weighted by Crippen LogP contribution is -2.34. The van der Waals surface area contributed by atoms with Crippen molar-refractivity contribution in [2.45, 2.75) is 32.2 Å². The van der Waals surface area contributed by atoms with Gasteiger partial charge in [-0.2, -0.15) is 0 Å². The van der Waals surface area contributed by atoms with Crippen molar-refractivity contribution in [2.24, 2.45) is 5.92 Å². The summed E-state index contributed by atoms with van der Waals surface area (Å²) < 4.78 is 5.43. The molecular weight excluding hydrogens is 238 g/mol. The summed E-state index contributed by atoms with van der Waals surface area (Å²) in [5, 5.41) is 3.49. The van der Waals surface area contributed by atoms with E-state index in [0.717, 1.165) is 42.8 Å². The first kappa shape index (κ1) is 12.7. The van der Waals surface area contributed by atoms with Crippen LogP contribution in [0, 0.1) is 5.92 Å². The van der Waals surface area contributed by atoms with Crippen molar-refractivity contribution in [1.82, 2.24) is 10.3 Å². The van der Waals surface area contributed by atoms with Gasteiger partial charge in [0.15, 0.2) is 0 Å². The molecule has 1 aromatic rings. The van der Waals surface area contributed by atoms with E-state index >= 15 is 0 Å². The van der Waals surface area contributed by atoms with Crippen LogP contribution in [0.3, 0.4) is 0 Å². The molecule has 3 heterocycles. The second kappa shape index (κ2) is 5.00. The number of nitrogens with one attached hydrogen (secondary N) is 1. The van der Waals surface area contributed by atoms with Crippen LogP contribution in [0.1, 0.15) is 31.9 Å². The van der Waals surface area contributed by atoms with Crippen molar-refractivity contribution in [3.8, 4) is 5.75 Å². The van der Waals surface area contributed by atoms with Crippen molar-refractivity contribution < 1.29 is 4.74 Å². The minimum atomic E-state index is 0.425. The van der Waals surface area contributed by atoms with Gasteiger partial charge in [-0.05, 0) is 18.3 Å². The van der Waals surface area contributed by atoms with E-state index in [1.807, 2.05) is 0 Å². The number of hydrogen-bond acceptors (Lipinski definition) is 4. The Morgan fingerprint density at radius 1 is 1.37 bits per heavy atom. The number of ether oxygens (including phenoxy) is 1. The Kier molecular flexibility index (Phi) is 3.35. The maximum Gasteiger partial charge on any atom is 0.132 e. The first-order valence-electron chi connectivity index (χ1n) is 7.22. The van der Waals surface area contributed by atoms with Crippen molar-refractivity contribution in [2.75, 3.05) is 31.6 Å². The maximum absolute atomic E-state index is 5.43. The molecule has 4 nitrogen and oxygen atoms in total. The summed E-state index contributed by atoms with van der Waals surface area (Å²) in [6, 6.07) is 4.74. The molecule has 2 fully saturated rings. The normalized spacial score (nSPS) is 26.0. The molecule has 0 unspecified atom stereocenters. The van der Waals surface area contributed by atoms with Gasteiger partial charge in [0.05, 0.1) is 7.11 Å². The highest BCUT2D eigenvalue weighted by molar-refractivity contribution is 5.48. The summed E-state index contributed by atoms with van der Waals surface area (Å²) in [4.78, 5) is 7.30. The van der Waals surface area contributed by atoms with Crippen molar-refractivity contribution in [3.05, 3.63) is 17.8 Å². The zero-order chi connectivity index (χ0) is 13.4. The Balaban J connectivity index is 1.93. The van der Waals surface area contributed by atoms with Gasteiger partial charge in [0.25, 0.3) is 0 Å². The molecule has 2 aliphatic heterocycles. The average Bonchev–Trinajstić information content (AvgIpc) is 3.00. The maximum atomic E-state index is 5.43. The molecule has 104 valence electrons. The van der Waals surface area contributed by atoms with Crippen molar-refractivity contribution in [1.29, 1.82) is 0 Å². The quantitative estimate of drug-likeness (QED) is 0.903. The van der Waals surface area contributed by atoms with E-state index in [1.54, 1.807) is 7.11 Å². The Morgan fingerprint density at radius 3 is 2.95 bits per heavy atom. The number of fused-ring (bicyclic) bond motifs is 1. The van der Waals surface area contributed by atoms with Crippen LogP contribution in [0.15, 0.2) is 12.1 Å². The number of hydrogen-bond donors (Lipinski definition) is 1. The largest absolute Gasteiger partial charge is 0.497 e. The first-order chi connectivity index (χ1) is 9.19. The van der Waals surface area contributed by atoms with Crippen molar-refractivity contribution in [3.63, 3.8) is 0 Å². The number of methoxy groups -OCH3 is 1. The van der Waals surface area contributed by atoms with Crippen LogP contribution in [-0.2, 0) is 0 Å². The molecule has 0 aliphatic carbocycles. The second-order valence-electron chi connectivity index (χ2n) is 5.91. The van der Waals surface area contributed by atoms with E-state index in [1.165, 1.54) is 6.42 Å². The Morgan fingerprint density at radius 2 is 2.21 bits per heavy atom. The summed E-state index contributed by atoms with van der Waals surface area (Å²) >= 11 is 0. The van der Waals surface area contributed by atoms with Gasteiger partial charge in [-0.3, -0.25) is 0 Å². The number of anilines is 1. The molecule has 0 aromatic carbocycles. The van der Waals surface area contributed by atoms with Crippen LogP contribution >= 0.6 is 0 Å². The average molecular weight is 261 g/mol. The minimum absolute atomic E-state index is 0.425. The molecule has 2 aliphatic rings. The number of nitrogens with zero attached hydrogens (tertiary/aromatic N) is 2. The van der Waals surface area contributed by atoms with Gasteiger partial charge >= 0.3 is 0 Å². The van der Waals surface area contributed by atoms with E-state index in [2.05, 4.69) is 36.2 Å². The van der Waals surface area contributed by atoms with Gasteiger partial charge in [-0.1, -0.05) is 13.8 Å². The predicted octanol–water partition coefficient (Wildman–Crippen LogP) is 2.01. The van der Waals surface area contributed by atoms with Crippen LogP contribution in [-0.4, -0.2) is 37.8 Å². The van der Waals surface area contributed by atoms with E-state index in [-0.39, 0.29) is 0 Å². The Bertz CT molecular complexity index is 461. The van der Waals surface area contributed by atoms with Gasteiger partial charge in [0.2, 0.25) is 0 Å². The molecule has 1 aromatic heterocycles. The fourth-order valence-electron chi connectivity index (χ4n) is 3.21. The molecule has 4 heteroatoms. The third kappa shape index (κ3) is 2.29. The molecule has 2 saturated heterocycles. The van der Waals surface area contributed by atoms with Gasteiger partial charge in [0, 0.05) is 43.5 Å². The fraction of sp³-hybridized carbons (Fsp3) is 0.667. The summed E-state index contributed by atoms with van der Waals surface area (Å²) in [5.41, 5.74) is 1.11. The van der Waals surface area contributed by atoms with Crippen LogP contribution in [0.2, 0.25) is 0 Å². The van der Waals surface area contributed by atoms with E-state index in [9.17, 15) is 0 Å². The third-order valence-corrected chi connectivity index (χ3v) is 4.37. The lowest BCUT2D eigenvalue weighted by Gasteiger charge is -2.25. The predicted molar refractivity (Wildman–Crippen MR) is 77.0 cm³/mol. The summed E-state index contributed by atoms with van der Waals surface area (Å²) in [6.07, 6.45) is 1.27. The Labute approximate surface area is 115 Å². The molecule has 0 saturated carbocycles. The van der Waals surface area contributed by atoms with Gasteiger partial charge < -0.3 is 15.0 Å². The summed E-state index contributed by atoms with van der Waals surface area (Å²) in [7, 11) is 1.73. The number of pyridine rings is 1. The molecule has 1 N–H and O–H groups in total. The van der Waals surface area contributed by atoms with E-state index in [4.69, 9.17) is 9.72 Å². The van der Waals surface area contributed by atoms with Gasteiger partial charge in [-0.25, -0.2) is 4.98 Å². The van der Waals surface area contributed by atoms with Crippen LogP contribution in [0.5, 0.6) is 5.75 Å². The first-order valence-corrected chi connectivity index (χ1v) is 7.22. The topological polar surface area (TPSA) is 37.4 Å². The van der Waals surface area contributed by atoms with Gasteiger partial charge in [-0.15, -0.1) is 0 Å². The van der Waals surface area contributed by atoms with E-state index in [0.29, 0.717) is 12.0 Å². The monoisotopic (exact) mass is 261 g/mol. The standard InChI is InChI=1S/C15H23N3O/c1-10(2)13-6-12(19-3)7-15(17-13)18-5-4-11-8-16-9-14(11)18/h6-7,10-11,14,16H,4-5,8-9H2,1-3H3/t11-,14+/m1/s1. The number of rotatable bonds is 3. The molecule has 2 atom stereocenters. The van der Waals surface area contributed by atoms with Crippen LogP contribution < -0.4 is 15.0 Å². The highest BCUT2D eigenvalue weighted by atomic mass is 16.5. The van der Waals surface area contributed by atoms with Crippen LogP contribution in [0.25, 0.3) is 0 Å². The fourth-order valence-corrected chi connectivity index (χ4v) is 3.21. The Hall–Kier alpha value is -1.29. The lowest BCUT2D eigenvalue weighted by molar-refractivity contribution is 0.413. The van der Waals surface area contributed by atoms with Crippen molar-refractivity contribution >= 4 is 5.82 Å². The SMILES string of the molecule is COc1cc(C(C)C)nc(N2CC[C@@H]3CNC[C@@H]32)c1. The highest BCUT2D eigenvalue weighted by Gasteiger charge is 2.38. The lowest BCUT2D eigenvalue weighted by atomic mass is 10.1. The van der Waals surface area contributed by atoms with Gasteiger partial charge in [0.1, 0.15) is 11.6 Å². The minimum Gasteiger partial charge on any atom is -0.497 e.